The van der Waals surface area contributed by atoms with E-state index in [4.69, 9.17) is 11.6 Å². The van der Waals surface area contributed by atoms with Gasteiger partial charge in [-0.15, -0.1) is 0 Å². The van der Waals surface area contributed by atoms with Gasteiger partial charge in [0.05, 0.1) is 0 Å². The summed E-state index contributed by atoms with van der Waals surface area (Å²) in [5, 5.41) is 4.31. The second-order valence-corrected chi connectivity index (χ2v) is 5.60. The van der Waals surface area contributed by atoms with Crippen molar-refractivity contribution in [2.45, 2.75) is 39.2 Å². The molecule has 0 aliphatic heterocycles. The first-order chi connectivity index (χ1) is 9.15. The van der Waals surface area contributed by atoms with Crippen LogP contribution in [0.2, 0.25) is 5.02 Å². The maximum atomic E-state index is 5.92. The maximum Gasteiger partial charge on any atom is 0.0406 e. The van der Waals surface area contributed by atoms with Crippen LogP contribution in [-0.2, 0) is 0 Å². The van der Waals surface area contributed by atoms with E-state index in [1.165, 1.54) is 24.8 Å². The number of benzene rings is 1. The smallest absolute Gasteiger partial charge is 0.0406 e. The van der Waals surface area contributed by atoms with Gasteiger partial charge in [0.15, 0.2) is 0 Å². The minimum Gasteiger partial charge on any atom is -0.315 e. The highest BCUT2D eigenvalue weighted by atomic mass is 35.5. The van der Waals surface area contributed by atoms with Crippen molar-refractivity contribution in [1.82, 2.24) is 10.2 Å². The van der Waals surface area contributed by atoms with Gasteiger partial charge in [0.2, 0.25) is 0 Å². The second-order valence-electron chi connectivity index (χ2n) is 5.17. The van der Waals surface area contributed by atoms with Crippen molar-refractivity contribution in [3.05, 3.63) is 34.9 Å². The molecule has 0 aliphatic carbocycles. The summed E-state index contributed by atoms with van der Waals surface area (Å²) in [6.45, 7) is 7.73. The molecule has 1 aromatic rings. The first-order valence-corrected chi connectivity index (χ1v) is 7.69. The van der Waals surface area contributed by atoms with Gasteiger partial charge in [-0.2, -0.15) is 0 Å². The fraction of sp³-hybridized carbons (Fsp3) is 0.625. The third kappa shape index (κ3) is 6.42. The molecule has 0 heterocycles. The minimum absolute atomic E-state index is 0.426. The molecule has 0 radical (unpaired) electrons. The number of hydrogen-bond donors (Lipinski definition) is 1. The normalized spacial score (nSPS) is 12.9. The third-order valence-electron chi connectivity index (χ3n) is 3.61. The molecule has 108 valence electrons. The van der Waals surface area contributed by atoms with E-state index in [1.54, 1.807) is 0 Å². The number of unbranched alkanes of at least 4 members (excludes halogenated alkanes) is 2. The molecule has 1 N–H and O–H groups in total. The van der Waals surface area contributed by atoms with Gasteiger partial charge >= 0.3 is 0 Å². The molecule has 0 aromatic heterocycles. The molecular formula is C16H27ClN2. The Labute approximate surface area is 123 Å². The van der Waals surface area contributed by atoms with E-state index in [0.29, 0.717) is 6.04 Å². The second kappa shape index (κ2) is 9.35. The molecule has 1 aromatic carbocycles. The summed E-state index contributed by atoms with van der Waals surface area (Å²) in [7, 11) is 2.17. The van der Waals surface area contributed by atoms with Crippen molar-refractivity contribution in [1.29, 1.82) is 0 Å². The summed E-state index contributed by atoms with van der Waals surface area (Å²) in [5.41, 5.74) is 1.32. The fourth-order valence-electron chi connectivity index (χ4n) is 2.07. The SMILES string of the molecule is CCCCCNCCN(C)C(C)c1ccc(Cl)cc1. The van der Waals surface area contributed by atoms with Crippen molar-refractivity contribution < 1.29 is 0 Å². The van der Waals surface area contributed by atoms with Crippen molar-refractivity contribution in [2.24, 2.45) is 0 Å². The lowest BCUT2D eigenvalue weighted by Crippen LogP contribution is -2.31. The lowest BCUT2D eigenvalue weighted by molar-refractivity contribution is 0.261. The summed E-state index contributed by atoms with van der Waals surface area (Å²) in [6, 6.07) is 8.57. The average Bonchev–Trinajstić information content (AvgIpc) is 2.42. The molecule has 0 fully saturated rings. The van der Waals surface area contributed by atoms with Gasteiger partial charge in [-0.05, 0) is 44.6 Å². The van der Waals surface area contributed by atoms with Crippen LogP contribution in [0.3, 0.4) is 0 Å². The van der Waals surface area contributed by atoms with Gasteiger partial charge < -0.3 is 5.32 Å². The lowest BCUT2D eigenvalue weighted by atomic mass is 10.1. The Morgan fingerprint density at radius 2 is 1.84 bits per heavy atom. The monoisotopic (exact) mass is 282 g/mol. The van der Waals surface area contributed by atoms with Crippen LogP contribution in [0.4, 0.5) is 0 Å². The predicted octanol–water partition coefficient (Wildman–Crippen LogP) is 4.11. The van der Waals surface area contributed by atoms with Gasteiger partial charge in [-0.3, -0.25) is 4.90 Å². The van der Waals surface area contributed by atoms with E-state index in [-0.39, 0.29) is 0 Å². The van der Waals surface area contributed by atoms with Gasteiger partial charge in [0, 0.05) is 24.2 Å². The molecule has 2 nitrogen and oxygen atoms in total. The van der Waals surface area contributed by atoms with Crippen LogP contribution < -0.4 is 5.32 Å². The zero-order valence-electron chi connectivity index (χ0n) is 12.5. The number of hydrogen-bond acceptors (Lipinski definition) is 2. The van der Waals surface area contributed by atoms with Gasteiger partial charge in [-0.1, -0.05) is 43.5 Å². The highest BCUT2D eigenvalue weighted by Crippen LogP contribution is 2.20. The molecule has 0 saturated carbocycles. The first kappa shape index (κ1) is 16.5. The Kier molecular flexibility index (Phi) is 8.11. The Hall–Kier alpha value is -0.570. The van der Waals surface area contributed by atoms with Crippen molar-refractivity contribution in [2.75, 3.05) is 26.7 Å². The Balaban J connectivity index is 2.25. The molecule has 0 bridgehead atoms. The van der Waals surface area contributed by atoms with Crippen LogP contribution in [0, 0.1) is 0 Å². The summed E-state index contributed by atoms with van der Waals surface area (Å²) >= 11 is 5.92. The highest BCUT2D eigenvalue weighted by molar-refractivity contribution is 6.30. The molecule has 0 amide bonds. The largest absolute Gasteiger partial charge is 0.315 e. The fourth-order valence-corrected chi connectivity index (χ4v) is 2.20. The van der Waals surface area contributed by atoms with Crippen LogP contribution in [0.15, 0.2) is 24.3 Å². The number of halogens is 1. The summed E-state index contributed by atoms with van der Waals surface area (Å²) in [4.78, 5) is 2.37. The van der Waals surface area contributed by atoms with Crippen LogP contribution in [0.25, 0.3) is 0 Å². The van der Waals surface area contributed by atoms with E-state index >= 15 is 0 Å². The average molecular weight is 283 g/mol. The van der Waals surface area contributed by atoms with E-state index in [0.717, 1.165) is 24.7 Å². The lowest BCUT2D eigenvalue weighted by Gasteiger charge is -2.25. The summed E-state index contributed by atoms with van der Waals surface area (Å²) in [5.74, 6) is 0. The minimum atomic E-state index is 0.426. The third-order valence-corrected chi connectivity index (χ3v) is 3.86. The molecule has 3 heteroatoms. The van der Waals surface area contributed by atoms with E-state index in [2.05, 4.69) is 43.2 Å². The van der Waals surface area contributed by atoms with Gasteiger partial charge in [0.1, 0.15) is 0 Å². The molecule has 0 saturated heterocycles. The molecule has 0 spiro atoms. The Morgan fingerprint density at radius 1 is 1.16 bits per heavy atom. The molecule has 0 aliphatic rings. The quantitative estimate of drug-likeness (QED) is 0.686. The zero-order chi connectivity index (χ0) is 14.1. The number of nitrogens with one attached hydrogen (secondary N) is 1. The topological polar surface area (TPSA) is 15.3 Å². The van der Waals surface area contributed by atoms with E-state index in [9.17, 15) is 0 Å². The van der Waals surface area contributed by atoms with Crippen molar-refractivity contribution in [3.63, 3.8) is 0 Å². The van der Waals surface area contributed by atoms with Crippen molar-refractivity contribution >= 4 is 11.6 Å². The Morgan fingerprint density at radius 3 is 2.47 bits per heavy atom. The van der Waals surface area contributed by atoms with Gasteiger partial charge in [0.25, 0.3) is 0 Å². The number of nitrogens with zero attached hydrogens (tertiary/aromatic N) is 1. The standard InChI is InChI=1S/C16H27ClN2/c1-4-5-6-11-18-12-13-19(3)14(2)15-7-9-16(17)10-8-15/h7-10,14,18H,4-6,11-13H2,1-3H3. The molecular weight excluding hydrogens is 256 g/mol. The molecule has 1 unspecified atom stereocenters. The van der Waals surface area contributed by atoms with Crippen LogP contribution in [-0.4, -0.2) is 31.6 Å². The van der Waals surface area contributed by atoms with Crippen molar-refractivity contribution in [3.8, 4) is 0 Å². The predicted molar refractivity (Wildman–Crippen MR) is 84.9 cm³/mol. The van der Waals surface area contributed by atoms with Gasteiger partial charge in [-0.25, -0.2) is 0 Å². The molecule has 1 rings (SSSR count). The van der Waals surface area contributed by atoms with Crippen LogP contribution in [0.5, 0.6) is 0 Å². The van der Waals surface area contributed by atoms with E-state index in [1.807, 2.05) is 12.1 Å². The van der Waals surface area contributed by atoms with Crippen LogP contribution in [0.1, 0.15) is 44.7 Å². The summed E-state index contributed by atoms with van der Waals surface area (Å²) in [6.07, 6.45) is 3.89. The molecule has 19 heavy (non-hydrogen) atoms. The van der Waals surface area contributed by atoms with E-state index < -0.39 is 0 Å². The first-order valence-electron chi connectivity index (χ1n) is 7.31. The maximum absolute atomic E-state index is 5.92. The number of rotatable bonds is 9. The van der Waals surface area contributed by atoms with Crippen LogP contribution >= 0.6 is 11.6 Å². The zero-order valence-corrected chi connectivity index (χ0v) is 13.2. The highest BCUT2D eigenvalue weighted by Gasteiger charge is 2.10. The number of likely N-dealkylation sites (N-methyl/N-ethyl adjacent to an activating group) is 1. The summed E-state index contributed by atoms with van der Waals surface area (Å²) < 4.78 is 0. The Bertz CT molecular complexity index is 337. The molecule has 1 atom stereocenters.